The summed E-state index contributed by atoms with van der Waals surface area (Å²) in [5.74, 6) is 1.31. The van der Waals surface area contributed by atoms with Gasteiger partial charge >= 0.3 is 0 Å². The lowest BCUT2D eigenvalue weighted by atomic mass is 9.92. The van der Waals surface area contributed by atoms with E-state index in [1.165, 1.54) is 0 Å². The highest BCUT2D eigenvalue weighted by molar-refractivity contribution is 5.59. The van der Waals surface area contributed by atoms with Crippen molar-refractivity contribution >= 4 is 6.29 Å². The molecule has 0 amide bonds. The molecule has 2 aliphatic carbocycles. The van der Waals surface area contributed by atoms with Crippen molar-refractivity contribution < 1.29 is 9.53 Å². The molecule has 0 bridgehead atoms. The summed E-state index contributed by atoms with van der Waals surface area (Å²) in [7, 11) is 0. The van der Waals surface area contributed by atoms with Gasteiger partial charge in [0.25, 0.3) is 0 Å². The summed E-state index contributed by atoms with van der Waals surface area (Å²) in [5.41, 5.74) is 0. The van der Waals surface area contributed by atoms with Crippen LogP contribution in [-0.4, -0.2) is 18.5 Å². The first-order chi connectivity index (χ1) is 5.42. The first kappa shape index (κ1) is 5.95. The lowest BCUT2D eigenvalue weighted by Crippen LogP contribution is -2.17. The predicted molar refractivity (Wildman–Crippen MR) is 39.0 cm³/mol. The molecule has 1 heterocycles. The van der Waals surface area contributed by atoms with E-state index in [-0.39, 0.29) is 12.0 Å². The number of hydrogen-bond acceptors (Lipinski definition) is 2. The number of fused-ring (bicyclic) bond motifs is 3. The van der Waals surface area contributed by atoms with E-state index in [4.69, 9.17) is 4.74 Å². The molecule has 1 saturated heterocycles. The van der Waals surface area contributed by atoms with Gasteiger partial charge in [0.2, 0.25) is 0 Å². The molecule has 11 heavy (non-hydrogen) atoms. The number of ether oxygens (including phenoxy) is 1. The van der Waals surface area contributed by atoms with Gasteiger partial charge in [0.15, 0.2) is 0 Å². The molecule has 0 aromatic rings. The van der Waals surface area contributed by atoms with Crippen molar-refractivity contribution in [2.75, 3.05) is 0 Å². The van der Waals surface area contributed by atoms with E-state index in [1.807, 2.05) is 0 Å². The van der Waals surface area contributed by atoms with E-state index in [0.29, 0.717) is 17.9 Å². The van der Waals surface area contributed by atoms with Crippen LogP contribution < -0.4 is 0 Å². The van der Waals surface area contributed by atoms with Gasteiger partial charge in [-0.3, -0.25) is 0 Å². The van der Waals surface area contributed by atoms with Crippen LogP contribution in [0.1, 0.15) is 6.42 Å². The summed E-state index contributed by atoms with van der Waals surface area (Å²) in [6.45, 7) is 0. The summed E-state index contributed by atoms with van der Waals surface area (Å²) in [6.07, 6.45) is 7.28. The third kappa shape index (κ3) is 0.590. The zero-order valence-electron chi connectivity index (χ0n) is 6.14. The Balaban J connectivity index is 1.95. The third-order valence-corrected chi connectivity index (χ3v) is 3.23. The molecule has 3 aliphatic rings. The smallest absolute Gasteiger partial charge is 0.126 e. The Labute approximate surface area is 65.2 Å². The van der Waals surface area contributed by atoms with Gasteiger partial charge in [0.1, 0.15) is 6.29 Å². The van der Waals surface area contributed by atoms with Crippen LogP contribution in [0, 0.1) is 17.8 Å². The predicted octanol–water partition coefficient (Wildman–Crippen LogP) is 0.775. The zero-order chi connectivity index (χ0) is 7.42. The van der Waals surface area contributed by atoms with Crippen LogP contribution >= 0.6 is 0 Å². The molecule has 1 saturated carbocycles. The van der Waals surface area contributed by atoms with Gasteiger partial charge < -0.3 is 9.53 Å². The molecule has 0 spiro atoms. The molecular formula is C9H10O2. The SMILES string of the molecule is O=C[C@@H]1[C@H]2C=CC[C@H]2[C@@H]2O[C@H]12. The maximum atomic E-state index is 10.7. The molecule has 3 rings (SSSR count). The Bertz CT molecular complexity index is 234. The van der Waals surface area contributed by atoms with E-state index < -0.39 is 0 Å². The molecule has 0 unspecified atom stereocenters. The molecule has 1 aliphatic heterocycles. The highest BCUT2D eigenvalue weighted by Gasteiger charge is 2.61. The van der Waals surface area contributed by atoms with Crippen LogP contribution in [0.15, 0.2) is 12.2 Å². The Morgan fingerprint density at radius 2 is 2.36 bits per heavy atom. The van der Waals surface area contributed by atoms with E-state index in [9.17, 15) is 4.79 Å². The molecule has 5 atom stereocenters. The Morgan fingerprint density at radius 3 is 3.18 bits per heavy atom. The lowest BCUT2D eigenvalue weighted by Gasteiger charge is -2.14. The van der Waals surface area contributed by atoms with Crippen molar-refractivity contribution in [2.24, 2.45) is 17.8 Å². The fraction of sp³-hybridized carbons (Fsp3) is 0.667. The van der Waals surface area contributed by atoms with Crippen molar-refractivity contribution in [2.45, 2.75) is 18.6 Å². The first-order valence-electron chi connectivity index (χ1n) is 4.19. The Hall–Kier alpha value is -0.630. The van der Waals surface area contributed by atoms with Crippen molar-refractivity contribution in [1.29, 1.82) is 0 Å². The number of epoxide rings is 1. The summed E-state index contributed by atoms with van der Waals surface area (Å²) in [5, 5.41) is 0. The van der Waals surface area contributed by atoms with Crippen LogP contribution in [0.4, 0.5) is 0 Å². The fourth-order valence-electron chi connectivity index (χ4n) is 2.64. The Kier molecular flexibility index (Phi) is 0.946. The fourth-order valence-corrected chi connectivity index (χ4v) is 2.64. The van der Waals surface area contributed by atoms with Crippen LogP contribution in [0.25, 0.3) is 0 Å². The summed E-state index contributed by atoms with van der Waals surface area (Å²) in [6, 6.07) is 0. The number of carbonyl (C=O) groups excluding carboxylic acids is 1. The van der Waals surface area contributed by atoms with Crippen molar-refractivity contribution in [3.8, 4) is 0 Å². The van der Waals surface area contributed by atoms with Gasteiger partial charge in [-0.25, -0.2) is 0 Å². The topological polar surface area (TPSA) is 29.6 Å². The van der Waals surface area contributed by atoms with Crippen molar-refractivity contribution in [1.82, 2.24) is 0 Å². The summed E-state index contributed by atoms with van der Waals surface area (Å²) >= 11 is 0. The molecule has 2 fully saturated rings. The van der Waals surface area contributed by atoms with Gasteiger partial charge in [-0.15, -0.1) is 0 Å². The van der Waals surface area contributed by atoms with Gasteiger partial charge in [0.05, 0.1) is 18.1 Å². The monoisotopic (exact) mass is 150 g/mol. The minimum absolute atomic E-state index is 0.170. The van der Waals surface area contributed by atoms with E-state index in [1.54, 1.807) is 0 Å². The quantitative estimate of drug-likeness (QED) is 0.314. The molecular weight excluding hydrogens is 140 g/mol. The molecule has 0 N–H and O–H groups in total. The summed E-state index contributed by atoms with van der Waals surface area (Å²) in [4.78, 5) is 10.7. The van der Waals surface area contributed by atoms with Crippen LogP contribution in [0.2, 0.25) is 0 Å². The van der Waals surface area contributed by atoms with Gasteiger partial charge in [0, 0.05) is 0 Å². The maximum absolute atomic E-state index is 10.7. The minimum atomic E-state index is 0.170. The second kappa shape index (κ2) is 1.75. The Morgan fingerprint density at radius 1 is 1.45 bits per heavy atom. The normalized spacial score (nSPS) is 57.3. The number of aldehydes is 1. The van der Waals surface area contributed by atoms with Crippen LogP contribution in [-0.2, 0) is 9.53 Å². The molecule has 0 radical (unpaired) electrons. The summed E-state index contributed by atoms with van der Waals surface area (Å²) < 4.78 is 5.40. The zero-order valence-corrected chi connectivity index (χ0v) is 6.14. The standard InChI is InChI=1S/C9H10O2/c10-4-7-5-2-1-3-6(5)8-9(7)11-8/h1-2,4-9H,3H2/t5-,6+,7+,8-,9+/m0/s1. The molecule has 2 heteroatoms. The molecule has 0 aromatic heterocycles. The van der Waals surface area contributed by atoms with Crippen LogP contribution in [0.5, 0.6) is 0 Å². The number of rotatable bonds is 1. The third-order valence-electron chi connectivity index (χ3n) is 3.23. The van der Waals surface area contributed by atoms with E-state index in [2.05, 4.69) is 12.2 Å². The van der Waals surface area contributed by atoms with Crippen molar-refractivity contribution in [3.63, 3.8) is 0 Å². The minimum Gasteiger partial charge on any atom is -0.368 e. The van der Waals surface area contributed by atoms with Crippen molar-refractivity contribution in [3.05, 3.63) is 12.2 Å². The average molecular weight is 150 g/mol. The van der Waals surface area contributed by atoms with E-state index >= 15 is 0 Å². The maximum Gasteiger partial charge on any atom is 0.126 e. The lowest BCUT2D eigenvalue weighted by molar-refractivity contribution is -0.112. The number of carbonyl (C=O) groups is 1. The highest BCUT2D eigenvalue weighted by atomic mass is 16.6. The number of hydrogen-bond donors (Lipinski definition) is 0. The molecule has 2 nitrogen and oxygen atoms in total. The van der Waals surface area contributed by atoms with Gasteiger partial charge in [-0.2, -0.15) is 0 Å². The molecule has 0 aromatic carbocycles. The number of allylic oxidation sites excluding steroid dienone is 2. The highest BCUT2D eigenvalue weighted by Crippen LogP contribution is 2.54. The van der Waals surface area contributed by atoms with Crippen LogP contribution in [0.3, 0.4) is 0 Å². The average Bonchev–Trinajstić information content (AvgIpc) is 2.56. The second-order valence-corrected chi connectivity index (χ2v) is 3.68. The first-order valence-corrected chi connectivity index (χ1v) is 4.19. The van der Waals surface area contributed by atoms with Gasteiger partial charge in [-0.05, 0) is 18.3 Å². The largest absolute Gasteiger partial charge is 0.368 e. The second-order valence-electron chi connectivity index (χ2n) is 3.68. The van der Waals surface area contributed by atoms with E-state index in [0.717, 1.165) is 12.7 Å². The molecule has 58 valence electrons. The van der Waals surface area contributed by atoms with Gasteiger partial charge in [-0.1, -0.05) is 12.2 Å².